The minimum atomic E-state index is 1.17. The van der Waals surface area contributed by atoms with E-state index in [4.69, 9.17) is 0 Å². The fraction of sp³-hybridized carbons (Fsp3) is 0.143. The van der Waals surface area contributed by atoms with E-state index in [1.807, 2.05) is 0 Å². The summed E-state index contributed by atoms with van der Waals surface area (Å²) in [6.07, 6.45) is 0. The normalized spacial score (nSPS) is 10.8. The van der Waals surface area contributed by atoms with Crippen LogP contribution >= 0.6 is 0 Å². The standard InChI is InChI=1S/C28H27N/c1-20-13-16-27(19-22(20)3)29(28-12-8-9-21(2)23(28)4)26-17-14-25(15-18-26)24-10-6-5-7-11-24/h5-19H,1-4H3. The van der Waals surface area contributed by atoms with Crippen LogP contribution in [0.3, 0.4) is 0 Å². The number of anilines is 3. The summed E-state index contributed by atoms with van der Waals surface area (Å²) in [4.78, 5) is 2.36. The molecule has 0 aliphatic heterocycles. The average Bonchev–Trinajstić information content (AvgIpc) is 2.75. The number of nitrogens with zero attached hydrogens (tertiary/aromatic N) is 1. The highest BCUT2D eigenvalue weighted by Gasteiger charge is 2.16. The lowest BCUT2D eigenvalue weighted by atomic mass is 10.0. The van der Waals surface area contributed by atoms with E-state index < -0.39 is 0 Å². The first-order chi connectivity index (χ1) is 14.0. The molecule has 0 radical (unpaired) electrons. The lowest BCUT2D eigenvalue weighted by Gasteiger charge is -2.28. The molecule has 0 atom stereocenters. The zero-order valence-electron chi connectivity index (χ0n) is 17.6. The molecule has 144 valence electrons. The fourth-order valence-corrected chi connectivity index (χ4v) is 3.70. The van der Waals surface area contributed by atoms with Crippen molar-refractivity contribution < 1.29 is 0 Å². The van der Waals surface area contributed by atoms with Crippen LogP contribution < -0.4 is 4.90 Å². The summed E-state index contributed by atoms with van der Waals surface area (Å²) in [5.41, 5.74) is 11.3. The topological polar surface area (TPSA) is 3.24 Å². The zero-order chi connectivity index (χ0) is 20.4. The van der Waals surface area contributed by atoms with Crippen molar-refractivity contribution in [1.82, 2.24) is 0 Å². The molecular weight excluding hydrogens is 350 g/mol. The van der Waals surface area contributed by atoms with Gasteiger partial charge in [-0.25, -0.2) is 0 Å². The molecule has 1 nitrogen and oxygen atoms in total. The van der Waals surface area contributed by atoms with Crippen LogP contribution in [0.1, 0.15) is 22.3 Å². The first kappa shape index (κ1) is 19.0. The Morgan fingerprint density at radius 3 is 1.83 bits per heavy atom. The van der Waals surface area contributed by atoms with Crippen molar-refractivity contribution in [2.24, 2.45) is 0 Å². The van der Waals surface area contributed by atoms with Gasteiger partial charge in [0.15, 0.2) is 0 Å². The van der Waals surface area contributed by atoms with E-state index in [2.05, 4.69) is 124 Å². The van der Waals surface area contributed by atoms with Gasteiger partial charge in [-0.15, -0.1) is 0 Å². The van der Waals surface area contributed by atoms with Crippen LogP contribution in [-0.4, -0.2) is 0 Å². The molecule has 0 amide bonds. The van der Waals surface area contributed by atoms with Gasteiger partial charge < -0.3 is 4.90 Å². The summed E-state index contributed by atoms with van der Waals surface area (Å²) in [5.74, 6) is 0. The van der Waals surface area contributed by atoms with E-state index >= 15 is 0 Å². The quantitative estimate of drug-likeness (QED) is 0.347. The molecule has 0 bridgehead atoms. The van der Waals surface area contributed by atoms with Crippen LogP contribution in [0.5, 0.6) is 0 Å². The van der Waals surface area contributed by atoms with Gasteiger partial charge in [-0.1, -0.05) is 60.7 Å². The highest BCUT2D eigenvalue weighted by atomic mass is 15.1. The van der Waals surface area contributed by atoms with E-state index in [1.165, 1.54) is 50.4 Å². The molecule has 1 heteroatoms. The maximum absolute atomic E-state index is 2.36. The SMILES string of the molecule is Cc1ccc(N(c2ccc(-c3ccccc3)cc2)c2cccc(C)c2C)cc1C. The second kappa shape index (κ2) is 7.97. The molecule has 4 aromatic carbocycles. The number of hydrogen-bond acceptors (Lipinski definition) is 1. The molecule has 4 rings (SSSR count). The predicted octanol–water partition coefficient (Wildman–Crippen LogP) is 8.06. The first-order valence-electron chi connectivity index (χ1n) is 10.1. The van der Waals surface area contributed by atoms with Gasteiger partial charge in [0.05, 0.1) is 0 Å². The average molecular weight is 378 g/mol. The molecule has 0 heterocycles. The van der Waals surface area contributed by atoms with Crippen molar-refractivity contribution >= 4 is 17.1 Å². The van der Waals surface area contributed by atoms with Crippen molar-refractivity contribution in [3.8, 4) is 11.1 Å². The molecule has 0 saturated carbocycles. The first-order valence-corrected chi connectivity index (χ1v) is 10.1. The second-order valence-electron chi connectivity index (χ2n) is 7.74. The molecule has 0 unspecified atom stereocenters. The number of rotatable bonds is 4. The summed E-state index contributed by atoms with van der Waals surface area (Å²) in [6.45, 7) is 8.72. The molecule has 0 aliphatic carbocycles. The van der Waals surface area contributed by atoms with Crippen molar-refractivity contribution in [3.63, 3.8) is 0 Å². The van der Waals surface area contributed by atoms with Gasteiger partial charge in [0, 0.05) is 17.1 Å². The van der Waals surface area contributed by atoms with Gasteiger partial charge >= 0.3 is 0 Å². The monoisotopic (exact) mass is 377 g/mol. The van der Waals surface area contributed by atoms with Gasteiger partial charge in [-0.2, -0.15) is 0 Å². The summed E-state index contributed by atoms with van der Waals surface area (Å²) in [7, 11) is 0. The zero-order valence-corrected chi connectivity index (χ0v) is 17.6. The Kier molecular flexibility index (Phi) is 5.22. The fourth-order valence-electron chi connectivity index (χ4n) is 3.70. The van der Waals surface area contributed by atoms with Gasteiger partial charge in [0.2, 0.25) is 0 Å². The highest BCUT2D eigenvalue weighted by Crippen LogP contribution is 2.38. The third-order valence-corrected chi connectivity index (χ3v) is 5.80. The molecule has 0 saturated heterocycles. The molecule has 0 spiro atoms. The third kappa shape index (κ3) is 3.82. The summed E-state index contributed by atoms with van der Waals surface area (Å²) >= 11 is 0. The van der Waals surface area contributed by atoms with Crippen molar-refractivity contribution in [2.75, 3.05) is 4.90 Å². The molecule has 0 N–H and O–H groups in total. The Bertz CT molecular complexity index is 1120. The van der Waals surface area contributed by atoms with Crippen LogP contribution in [-0.2, 0) is 0 Å². The smallest absolute Gasteiger partial charge is 0.0493 e. The summed E-state index contributed by atoms with van der Waals surface area (Å²) in [5, 5.41) is 0. The lowest BCUT2D eigenvalue weighted by Crippen LogP contribution is -2.12. The van der Waals surface area contributed by atoms with Crippen molar-refractivity contribution in [2.45, 2.75) is 27.7 Å². The van der Waals surface area contributed by atoms with Gasteiger partial charge in [-0.05, 0) is 91.4 Å². The Labute approximate surface area is 174 Å². The minimum absolute atomic E-state index is 1.17. The lowest BCUT2D eigenvalue weighted by molar-refractivity contribution is 1.21. The van der Waals surface area contributed by atoms with Crippen LogP contribution in [0.25, 0.3) is 11.1 Å². The third-order valence-electron chi connectivity index (χ3n) is 5.80. The number of aryl methyl sites for hydroxylation is 3. The Balaban J connectivity index is 1.84. The maximum Gasteiger partial charge on any atom is 0.0493 e. The van der Waals surface area contributed by atoms with Crippen LogP contribution in [0.4, 0.5) is 17.1 Å². The summed E-state index contributed by atoms with van der Waals surface area (Å²) < 4.78 is 0. The largest absolute Gasteiger partial charge is 0.310 e. The van der Waals surface area contributed by atoms with Crippen LogP contribution in [0.2, 0.25) is 0 Å². The van der Waals surface area contributed by atoms with E-state index in [9.17, 15) is 0 Å². The molecular formula is C28H27N. The van der Waals surface area contributed by atoms with Gasteiger partial charge in [0.1, 0.15) is 0 Å². The highest BCUT2D eigenvalue weighted by molar-refractivity contribution is 5.80. The van der Waals surface area contributed by atoms with E-state index in [0.717, 1.165) is 0 Å². The van der Waals surface area contributed by atoms with Crippen molar-refractivity contribution in [3.05, 3.63) is 113 Å². The molecule has 0 fully saturated rings. The predicted molar refractivity (Wildman–Crippen MR) is 126 cm³/mol. The molecule has 0 aliphatic rings. The van der Waals surface area contributed by atoms with E-state index in [1.54, 1.807) is 0 Å². The van der Waals surface area contributed by atoms with E-state index in [0.29, 0.717) is 0 Å². The number of benzene rings is 4. The molecule has 0 aromatic heterocycles. The Hall–Kier alpha value is -3.32. The van der Waals surface area contributed by atoms with Gasteiger partial charge in [0.25, 0.3) is 0 Å². The van der Waals surface area contributed by atoms with Crippen LogP contribution in [0, 0.1) is 27.7 Å². The Morgan fingerprint density at radius 2 is 1.14 bits per heavy atom. The minimum Gasteiger partial charge on any atom is -0.310 e. The summed E-state index contributed by atoms with van der Waals surface area (Å²) in [6, 6.07) is 32.6. The molecule has 29 heavy (non-hydrogen) atoms. The Morgan fingerprint density at radius 1 is 0.483 bits per heavy atom. The maximum atomic E-state index is 2.36. The van der Waals surface area contributed by atoms with E-state index in [-0.39, 0.29) is 0 Å². The van der Waals surface area contributed by atoms with Gasteiger partial charge in [-0.3, -0.25) is 0 Å². The number of hydrogen-bond donors (Lipinski definition) is 0. The van der Waals surface area contributed by atoms with Crippen LogP contribution in [0.15, 0.2) is 91.0 Å². The molecule has 4 aromatic rings. The van der Waals surface area contributed by atoms with Crippen molar-refractivity contribution in [1.29, 1.82) is 0 Å². The second-order valence-corrected chi connectivity index (χ2v) is 7.74.